The number of amides is 2. The number of methoxy groups -OCH3 is 1. The van der Waals surface area contributed by atoms with Gasteiger partial charge in [0.05, 0.1) is 19.4 Å². The van der Waals surface area contributed by atoms with Crippen LogP contribution in [0.15, 0.2) is 48.5 Å². The smallest absolute Gasteiger partial charge is 0.317 e. The molecule has 0 unspecified atom stereocenters. The first-order chi connectivity index (χ1) is 13.7. The molecule has 1 fully saturated rings. The Morgan fingerprint density at radius 2 is 1.68 bits per heavy atom. The fraction of sp³-hybridized carbons (Fsp3) is 0.409. The molecule has 6 nitrogen and oxygen atoms in total. The molecular weight excluding hydrogens is 354 g/mol. The summed E-state index contributed by atoms with van der Waals surface area (Å²) in [5, 5.41) is 2.99. The van der Waals surface area contributed by atoms with Gasteiger partial charge < -0.3 is 24.6 Å². The standard InChI is InChI=1S/C22H29N3O3/c1-18-8-3-5-10-20(18)28-17-7-12-23-22(26)25-15-13-24(14-16-25)19-9-4-6-11-21(19)27-2/h3-6,8-11H,7,12-17H2,1-2H3,(H,23,26). The molecule has 0 aromatic heterocycles. The maximum Gasteiger partial charge on any atom is 0.317 e. The number of carbonyl (C=O) groups excluding carboxylic acids is 1. The topological polar surface area (TPSA) is 54.0 Å². The summed E-state index contributed by atoms with van der Waals surface area (Å²) < 4.78 is 11.2. The zero-order chi connectivity index (χ0) is 19.8. The Kier molecular flexibility index (Phi) is 7.00. The zero-order valence-corrected chi connectivity index (χ0v) is 16.7. The van der Waals surface area contributed by atoms with E-state index in [0.29, 0.717) is 26.2 Å². The Balaban J connectivity index is 1.37. The summed E-state index contributed by atoms with van der Waals surface area (Å²) in [6, 6.07) is 16.0. The third-order valence-corrected chi connectivity index (χ3v) is 4.94. The van der Waals surface area contributed by atoms with Crippen LogP contribution in [0.2, 0.25) is 0 Å². The lowest BCUT2D eigenvalue weighted by Crippen LogP contribution is -2.52. The third kappa shape index (κ3) is 5.09. The lowest BCUT2D eigenvalue weighted by atomic mass is 10.2. The van der Waals surface area contributed by atoms with Gasteiger partial charge in [0, 0.05) is 32.7 Å². The van der Waals surface area contributed by atoms with Crippen LogP contribution >= 0.6 is 0 Å². The maximum absolute atomic E-state index is 12.4. The van der Waals surface area contributed by atoms with Crippen molar-refractivity contribution < 1.29 is 14.3 Å². The van der Waals surface area contributed by atoms with Gasteiger partial charge in [-0.3, -0.25) is 0 Å². The van der Waals surface area contributed by atoms with Crippen LogP contribution in [0, 0.1) is 6.92 Å². The zero-order valence-electron chi connectivity index (χ0n) is 16.7. The van der Waals surface area contributed by atoms with E-state index in [1.807, 2.05) is 54.3 Å². The molecule has 1 heterocycles. The average molecular weight is 383 g/mol. The number of piperazine rings is 1. The first-order valence-electron chi connectivity index (χ1n) is 9.78. The van der Waals surface area contributed by atoms with E-state index in [-0.39, 0.29) is 6.03 Å². The number of anilines is 1. The van der Waals surface area contributed by atoms with Gasteiger partial charge in [0.2, 0.25) is 0 Å². The van der Waals surface area contributed by atoms with Crippen LogP contribution in [0.5, 0.6) is 11.5 Å². The van der Waals surface area contributed by atoms with Crippen LogP contribution in [0.1, 0.15) is 12.0 Å². The minimum atomic E-state index is -0.00410. The van der Waals surface area contributed by atoms with E-state index in [9.17, 15) is 4.79 Å². The number of hydrogen-bond acceptors (Lipinski definition) is 4. The van der Waals surface area contributed by atoms with Gasteiger partial charge in [-0.1, -0.05) is 30.3 Å². The molecule has 0 bridgehead atoms. The predicted molar refractivity (Wildman–Crippen MR) is 111 cm³/mol. The molecular formula is C22H29N3O3. The van der Waals surface area contributed by atoms with Gasteiger partial charge in [0.15, 0.2) is 0 Å². The second-order valence-electron chi connectivity index (χ2n) is 6.85. The quantitative estimate of drug-likeness (QED) is 0.746. The van der Waals surface area contributed by atoms with Gasteiger partial charge in [-0.05, 0) is 37.1 Å². The predicted octanol–water partition coefficient (Wildman–Crippen LogP) is 3.30. The van der Waals surface area contributed by atoms with Crippen molar-refractivity contribution in [3.63, 3.8) is 0 Å². The molecule has 2 aromatic rings. The van der Waals surface area contributed by atoms with Gasteiger partial charge in [-0.15, -0.1) is 0 Å². The lowest BCUT2D eigenvalue weighted by molar-refractivity contribution is 0.193. The number of urea groups is 1. The number of nitrogens with zero attached hydrogens (tertiary/aromatic N) is 2. The minimum Gasteiger partial charge on any atom is -0.495 e. The van der Waals surface area contributed by atoms with Crippen LogP contribution in [0.25, 0.3) is 0 Å². The first kappa shape index (κ1) is 19.9. The van der Waals surface area contributed by atoms with Crippen molar-refractivity contribution in [2.24, 2.45) is 0 Å². The molecule has 2 aromatic carbocycles. The minimum absolute atomic E-state index is 0.00410. The lowest BCUT2D eigenvalue weighted by Gasteiger charge is -2.36. The summed E-state index contributed by atoms with van der Waals surface area (Å²) in [4.78, 5) is 16.5. The van der Waals surface area contributed by atoms with Gasteiger partial charge in [0.25, 0.3) is 0 Å². The Morgan fingerprint density at radius 3 is 2.39 bits per heavy atom. The Morgan fingerprint density at radius 1 is 1.00 bits per heavy atom. The number of rotatable bonds is 7. The Labute approximate surface area is 167 Å². The van der Waals surface area contributed by atoms with Crippen molar-refractivity contribution in [2.45, 2.75) is 13.3 Å². The van der Waals surface area contributed by atoms with E-state index in [0.717, 1.165) is 42.3 Å². The highest BCUT2D eigenvalue weighted by molar-refractivity contribution is 5.74. The molecule has 0 aliphatic carbocycles. The molecule has 3 rings (SSSR count). The molecule has 150 valence electrons. The number of benzene rings is 2. The summed E-state index contributed by atoms with van der Waals surface area (Å²) in [6.07, 6.45) is 0.779. The van der Waals surface area contributed by atoms with Crippen LogP contribution in [0.3, 0.4) is 0 Å². The molecule has 1 saturated heterocycles. The van der Waals surface area contributed by atoms with Gasteiger partial charge in [0.1, 0.15) is 11.5 Å². The monoisotopic (exact) mass is 383 g/mol. The van der Waals surface area contributed by atoms with Crippen LogP contribution in [-0.4, -0.2) is 57.4 Å². The van der Waals surface area contributed by atoms with E-state index in [2.05, 4.69) is 16.3 Å². The molecule has 6 heteroatoms. The van der Waals surface area contributed by atoms with Gasteiger partial charge >= 0.3 is 6.03 Å². The molecule has 0 radical (unpaired) electrons. The van der Waals surface area contributed by atoms with Crippen molar-refractivity contribution >= 4 is 11.7 Å². The number of ether oxygens (including phenoxy) is 2. The average Bonchev–Trinajstić information content (AvgIpc) is 2.74. The van der Waals surface area contributed by atoms with E-state index in [1.165, 1.54) is 0 Å². The van der Waals surface area contributed by atoms with Crippen molar-refractivity contribution in [3.05, 3.63) is 54.1 Å². The van der Waals surface area contributed by atoms with Crippen molar-refractivity contribution in [1.82, 2.24) is 10.2 Å². The van der Waals surface area contributed by atoms with E-state index in [4.69, 9.17) is 9.47 Å². The normalized spacial score (nSPS) is 13.9. The summed E-state index contributed by atoms with van der Waals surface area (Å²) in [7, 11) is 1.69. The molecule has 1 N–H and O–H groups in total. The maximum atomic E-state index is 12.4. The first-order valence-corrected chi connectivity index (χ1v) is 9.78. The molecule has 2 amide bonds. The Hall–Kier alpha value is -2.89. The molecule has 1 aliphatic heterocycles. The van der Waals surface area contributed by atoms with Crippen LogP contribution < -0.4 is 19.7 Å². The Bertz CT molecular complexity index is 773. The molecule has 0 atom stereocenters. The highest BCUT2D eigenvalue weighted by atomic mass is 16.5. The summed E-state index contributed by atoms with van der Waals surface area (Å²) >= 11 is 0. The van der Waals surface area contributed by atoms with Crippen LogP contribution in [0.4, 0.5) is 10.5 Å². The number of nitrogens with one attached hydrogen (secondary N) is 1. The number of hydrogen-bond donors (Lipinski definition) is 1. The fourth-order valence-corrected chi connectivity index (χ4v) is 3.32. The van der Waals surface area contributed by atoms with Gasteiger partial charge in [-0.25, -0.2) is 4.79 Å². The molecule has 0 saturated carbocycles. The van der Waals surface area contributed by atoms with E-state index in [1.54, 1.807) is 7.11 Å². The number of para-hydroxylation sites is 3. The van der Waals surface area contributed by atoms with E-state index < -0.39 is 0 Å². The largest absolute Gasteiger partial charge is 0.495 e. The summed E-state index contributed by atoms with van der Waals surface area (Å²) in [5.41, 5.74) is 2.21. The second kappa shape index (κ2) is 9.88. The highest BCUT2D eigenvalue weighted by Gasteiger charge is 2.22. The number of carbonyl (C=O) groups is 1. The van der Waals surface area contributed by atoms with Crippen LogP contribution in [-0.2, 0) is 0 Å². The second-order valence-corrected chi connectivity index (χ2v) is 6.85. The molecule has 28 heavy (non-hydrogen) atoms. The van der Waals surface area contributed by atoms with Gasteiger partial charge in [-0.2, -0.15) is 0 Å². The summed E-state index contributed by atoms with van der Waals surface area (Å²) in [5.74, 6) is 1.77. The van der Waals surface area contributed by atoms with Crippen molar-refractivity contribution in [3.8, 4) is 11.5 Å². The van der Waals surface area contributed by atoms with E-state index >= 15 is 0 Å². The highest BCUT2D eigenvalue weighted by Crippen LogP contribution is 2.28. The fourth-order valence-electron chi connectivity index (χ4n) is 3.32. The SMILES string of the molecule is COc1ccccc1N1CCN(C(=O)NCCCOc2ccccc2C)CC1. The third-order valence-electron chi connectivity index (χ3n) is 4.94. The molecule has 0 spiro atoms. The van der Waals surface area contributed by atoms with Crippen molar-refractivity contribution in [2.75, 3.05) is 51.3 Å². The molecule has 1 aliphatic rings. The summed E-state index contributed by atoms with van der Waals surface area (Å²) in [6.45, 7) is 6.22. The number of aryl methyl sites for hydroxylation is 1. The van der Waals surface area contributed by atoms with Crippen molar-refractivity contribution in [1.29, 1.82) is 0 Å².